The Bertz CT molecular complexity index is 1560. The molecule has 0 spiro atoms. The molecule has 3 heterocycles. The van der Waals surface area contributed by atoms with Gasteiger partial charge in [0.05, 0.1) is 35.5 Å². The van der Waals surface area contributed by atoms with Gasteiger partial charge in [0.1, 0.15) is 5.82 Å². The first-order chi connectivity index (χ1) is 17.5. The molecule has 0 saturated carbocycles. The molecule has 0 bridgehead atoms. The van der Waals surface area contributed by atoms with E-state index < -0.39 is 11.7 Å². The maximum Gasteiger partial charge on any atom is 0.417 e. The normalized spacial score (nSPS) is 14.5. The van der Waals surface area contributed by atoms with Gasteiger partial charge in [-0.15, -0.1) is 0 Å². The molecule has 1 saturated heterocycles. The summed E-state index contributed by atoms with van der Waals surface area (Å²) in [5, 5.41) is 12.1. The third-order valence-corrected chi connectivity index (χ3v) is 6.24. The number of H-pyrrole nitrogens is 1. The summed E-state index contributed by atoms with van der Waals surface area (Å²) in [6, 6.07) is 18.6. The second kappa shape index (κ2) is 8.80. The largest absolute Gasteiger partial charge is 0.417 e. The SMILES string of the molecule is FC(F)(F)c1ccccc1-c1nc(Nc2n[nH]c3ccccc23)c2cccc(N3CCOCC3)c2n1. The highest BCUT2D eigenvalue weighted by Crippen LogP contribution is 2.39. The standard InChI is InChI=1S/C26H21F3N6O/c27-26(28,29)19-9-3-1-6-16(19)23-30-22-18(8-5-11-21(22)35-12-14-36-15-13-35)24(31-23)32-25-17-7-2-4-10-20(17)33-34-25/h1-11H,12-15H2,(H2,30,31,32,33,34). The van der Waals surface area contributed by atoms with E-state index in [0.717, 1.165) is 22.7 Å². The first kappa shape index (κ1) is 22.3. The van der Waals surface area contributed by atoms with Crippen molar-refractivity contribution in [3.05, 3.63) is 72.3 Å². The number of hydrogen-bond donors (Lipinski definition) is 2. The van der Waals surface area contributed by atoms with E-state index in [2.05, 4.69) is 30.4 Å². The van der Waals surface area contributed by atoms with E-state index in [1.807, 2.05) is 42.5 Å². The minimum atomic E-state index is -4.55. The summed E-state index contributed by atoms with van der Waals surface area (Å²) >= 11 is 0. The maximum atomic E-state index is 13.9. The molecule has 10 heteroatoms. The van der Waals surface area contributed by atoms with Crippen molar-refractivity contribution >= 4 is 39.1 Å². The van der Waals surface area contributed by atoms with E-state index >= 15 is 0 Å². The number of fused-ring (bicyclic) bond motifs is 2. The number of morpholine rings is 1. The van der Waals surface area contributed by atoms with Crippen molar-refractivity contribution in [1.82, 2.24) is 20.2 Å². The molecule has 5 aromatic rings. The Balaban J connectivity index is 1.58. The quantitative estimate of drug-likeness (QED) is 0.333. The number of alkyl halides is 3. The van der Waals surface area contributed by atoms with Crippen LogP contribution in [0, 0.1) is 0 Å². The summed E-state index contributed by atoms with van der Waals surface area (Å²) in [4.78, 5) is 11.4. The van der Waals surface area contributed by atoms with Crippen molar-refractivity contribution in [2.75, 3.05) is 36.5 Å². The zero-order valence-corrected chi connectivity index (χ0v) is 19.0. The van der Waals surface area contributed by atoms with Crippen LogP contribution in [0.15, 0.2) is 66.7 Å². The van der Waals surface area contributed by atoms with Crippen molar-refractivity contribution in [2.45, 2.75) is 6.18 Å². The second-order valence-electron chi connectivity index (χ2n) is 8.45. The summed E-state index contributed by atoms with van der Waals surface area (Å²) in [5.74, 6) is 0.884. The Labute approximate surface area is 203 Å². The van der Waals surface area contributed by atoms with E-state index in [1.165, 1.54) is 12.1 Å². The zero-order chi connectivity index (χ0) is 24.7. The molecule has 6 rings (SSSR count). The van der Waals surface area contributed by atoms with Crippen LogP contribution in [0.4, 0.5) is 30.5 Å². The molecular formula is C26H21F3N6O. The number of aromatic amines is 1. The average Bonchev–Trinajstić information content (AvgIpc) is 3.31. The first-order valence-electron chi connectivity index (χ1n) is 11.5. The third-order valence-electron chi connectivity index (χ3n) is 6.24. The predicted molar refractivity (Wildman–Crippen MR) is 132 cm³/mol. The van der Waals surface area contributed by atoms with Crippen LogP contribution in [0.2, 0.25) is 0 Å². The average molecular weight is 490 g/mol. The van der Waals surface area contributed by atoms with E-state index in [4.69, 9.17) is 4.74 Å². The highest BCUT2D eigenvalue weighted by molar-refractivity contribution is 6.01. The third kappa shape index (κ3) is 3.99. The molecule has 1 aliphatic heterocycles. The van der Waals surface area contributed by atoms with Crippen LogP contribution in [-0.4, -0.2) is 46.5 Å². The van der Waals surface area contributed by atoms with Gasteiger partial charge in [0.25, 0.3) is 0 Å². The number of ether oxygens (including phenoxy) is 1. The van der Waals surface area contributed by atoms with Crippen LogP contribution in [0.5, 0.6) is 0 Å². The maximum absolute atomic E-state index is 13.9. The lowest BCUT2D eigenvalue weighted by Gasteiger charge is -2.29. The molecule has 1 fully saturated rings. The summed E-state index contributed by atoms with van der Waals surface area (Å²) in [7, 11) is 0. The second-order valence-corrected chi connectivity index (χ2v) is 8.45. The lowest BCUT2D eigenvalue weighted by atomic mass is 10.1. The highest BCUT2D eigenvalue weighted by Gasteiger charge is 2.34. The van der Waals surface area contributed by atoms with Crippen LogP contribution in [-0.2, 0) is 10.9 Å². The van der Waals surface area contributed by atoms with Gasteiger partial charge in [0.15, 0.2) is 11.6 Å². The van der Waals surface area contributed by atoms with Crippen LogP contribution < -0.4 is 10.2 Å². The molecule has 0 amide bonds. The van der Waals surface area contributed by atoms with Crippen molar-refractivity contribution in [2.24, 2.45) is 0 Å². The highest BCUT2D eigenvalue weighted by atomic mass is 19.4. The first-order valence-corrected chi connectivity index (χ1v) is 11.5. The Kier molecular flexibility index (Phi) is 5.45. The fourth-order valence-electron chi connectivity index (χ4n) is 4.51. The minimum absolute atomic E-state index is 0.0153. The van der Waals surface area contributed by atoms with Gasteiger partial charge in [-0.3, -0.25) is 5.10 Å². The fourth-order valence-corrected chi connectivity index (χ4v) is 4.51. The number of rotatable bonds is 4. The molecule has 0 unspecified atom stereocenters. The molecule has 0 atom stereocenters. The molecule has 2 aromatic heterocycles. The Morgan fingerprint density at radius 1 is 0.833 bits per heavy atom. The van der Waals surface area contributed by atoms with Gasteiger partial charge >= 0.3 is 6.18 Å². The van der Waals surface area contributed by atoms with E-state index in [-0.39, 0.29) is 11.4 Å². The predicted octanol–water partition coefficient (Wildman–Crippen LogP) is 5.77. The molecule has 0 aliphatic carbocycles. The fraction of sp³-hybridized carbons (Fsp3) is 0.192. The molecule has 2 N–H and O–H groups in total. The Hall–Kier alpha value is -4.18. The number of para-hydroxylation sites is 2. The van der Waals surface area contributed by atoms with Gasteiger partial charge < -0.3 is 15.0 Å². The zero-order valence-electron chi connectivity index (χ0n) is 19.0. The molecule has 3 aromatic carbocycles. The van der Waals surface area contributed by atoms with Gasteiger partial charge in [-0.2, -0.15) is 18.3 Å². The molecule has 0 radical (unpaired) electrons. The van der Waals surface area contributed by atoms with Gasteiger partial charge in [-0.1, -0.05) is 36.4 Å². The van der Waals surface area contributed by atoms with E-state index in [0.29, 0.717) is 48.8 Å². The minimum Gasteiger partial charge on any atom is -0.378 e. The Morgan fingerprint density at radius 3 is 2.42 bits per heavy atom. The number of anilines is 3. The van der Waals surface area contributed by atoms with E-state index in [1.54, 1.807) is 6.07 Å². The van der Waals surface area contributed by atoms with Crippen LogP contribution >= 0.6 is 0 Å². The summed E-state index contributed by atoms with van der Waals surface area (Å²) in [6.45, 7) is 2.44. The van der Waals surface area contributed by atoms with Gasteiger partial charge in [0, 0.05) is 29.4 Å². The molecule has 1 aliphatic rings. The number of nitrogens with one attached hydrogen (secondary N) is 2. The summed E-state index contributed by atoms with van der Waals surface area (Å²) in [6.07, 6.45) is -4.55. The van der Waals surface area contributed by atoms with Gasteiger partial charge in [-0.25, -0.2) is 9.97 Å². The molecule has 182 valence electrons. The van der Waals surface area contributed by atoms with E-state index in [9.17, 15) is 13.2 Å². The van der Waals surface area contributed by atoms with Crippen LogP contribution in [0.1, 0.15) is 5.56 Å². The van der Waals surface area contributed by atoms with Crippen molar-refractivity contribution in [3.63, 3.8) is 0 Å². The van der Waals surface area contributed by atoms with Crippen molar-refractivity contribution in [1.29, 1.82) is 0 Å². The smallest absolute Gasteiger partial charge is 0.378 e. The van der Waals surface area contributed by atoms with Crippen LogP contribution in [0.25, 0.3) is 33.2 Å². The van der Waals surface area contributed by atoms with Crippen molar-refractivity contribution in [3.8, 4) is 11.4 Å². The lowest BCUT2D eigenvalue weighted by molar-refractivity contribution is -0.137. The number of benzene rings is 3. The lowest BCUT2D eigenvalue weighted by Crippen LogP contribution is -2.36. The van der Waals surface area contributed by atoms with Crippen molar-refractivity contribution < 1.29 is 17.9 Å². The monoisotopic (exact) mass is 490 g/mol. The molecular weight excluding hydrogens is 469 g/mol. The summed E-state index contributed by atoms with van der Waals surface area (Å²) < 4.78 is 47.2. The number of hydrogen-bond acceptors (Lipinski definition) is 6. The summed E-state index contributed by atoms with van der Waals surface area (Å²) in [5.41, 5.74) is 1.33. The topological polar surface area (TPSA) is 79.0 Å². The molecule has 36 heavy (non-hydrogen) atoms. The number of halogens is 3. The number of aromatic nitrogens is 4. The molecule has 7 nitrogen and oxygen atoms in total. The Morgan fingerprint density at radius 2 is 1.58 bits per heavy atom. The van der Waals surface area contributed by atoms with Gasteiger partial charge in [0.2, 0.25) is 0 Å². The van der Waals surface area contributed by atoms with Crippen LogP contribution in [0.3, 0.4) is 0 Å². The van der Waals surface area contributed by atoms with Gasteiger partial charge in [-0.05, 0) is 30.3 Å². The number of nitrogens with zero attached hydrogens (tertiary/aromatic N) is 4.